The van der Waals surface area contributed by atoms with Crippen LogP contribution in [0.5, 0.6) is 0 Å². The van der Waals surface area contributed by atoms with Crippen LogP contribution >= 0.6 is 0 Å². The molecule has 2 aromatic rings. The van der Waals surface area contributed by atoms with Gasteiger partial charge in [0.2, 0.25) is 5.76 Å². The Morgan fingerprint density at radius 1 is 1.23 bits per heavy atom. The van der Waals surface area contributed by atoms with E-state index in [0.717, 1.165) is 6.26 Å². The van der Waals surface area contributed by atoms with Gasteiger partial charge in [-0.15, -0.1) is 0 Å². The molecule has 1 saturated heterocycles. The number of carbonyl (C=O) groups excluding carboxylic acids is 2. The second-order valence-corrected chi connectivity index (χ2v) is 7.61. The van der Waals surface area contributed by atoms with Crippen molar-refractivity contribution in [3.63, 3.8) is 0 Å². The number of alkyl halides is 3. The van der Waals surface area contributed by atoms with Crippen molar-refractivity contribution in [3.8, 4) is 0 Å². The third kappa shape index (κ3) is 3.86. The quantitative estimate of drug-likeness (QED) is 0.708. The summed E-state index contributed by atoms with van der Waals surface area (Å²) < 4.78 is 56.4. The zero-order chi connectivity index (χ0) is 21.5. The first-order chi connectivity index (χ1) is 14.2. The summed E-state index contributed by atoms with van der Waals surface area (Å²) in [7, 11) is 0. The lowest BCUT2D eigenvalue weighted by Gasteiger charge is -2.45. The maximum atomic E-state index is 13.4. The summed E-state index contributed by atoms with van der Waals surface area (Å²) in [4.78, 5) is 26.4. The summed E-state index contributed by atoms with van der Waals surface area (Å²) in [5.74, 6) is -1.75. The summed E-state index contributed by atoms with van der Waals surface area (Å²) in [6, 6.07) is 4.72. The highest BCUT2D eigenvalue weighted by Crippen LogP contribution is 2.38. The second-order valence-electron chi connectivity index (χ2n) is 7.61. The maximum absolute atomic E-state index is 13.4. The summed E-state index contributed by atoms with van der Waals surface area (Å²) in [6.07, 6.45) is -2.52. The van der Waals surface area contributed by atoms with E-state index in [4.69, 9.17) is 0 Å². The van der Waals surface area contributed by atoms with Crippen molar-refractivity contribution in [1.82, 2.24) is 10.2 Å². The number of Topliss-reactive ketones (excluding diaryl/α,β-unsaturated/α-hetero) is 1. The molecule has 0 radical (unpaired) electrons. The average molecular weight is 425 g/mol. The van der Waals surface area contributed by atoms with E-state index in [1.165, 1.54) is 29.2 Å². The molecule has 2 N–H and O–H groups in total. The van der Waals surface area contributed by atoms with Gasteiger partial charge in [0.25, 0.3) is 0 Å². The van der Waals surface area contributed by atoms with E-state index in [9.17, 15) is 27.2 Å². The van der Waals surface area contributed by atoms with Crippen LogP contribution < -0.4 is 10.6 Å². The topological polar surface area (TPSA) is 74.6 Å². The van der Waals surface area contributed by atoms with Crippen LogP contribution in [-0.4, -0.2) is 35.3 Å². The van der Waals surface area contributed by atoms with E-state index in [2.05, 4.69) is 15.1 Å². The van der Waals surface area contributed by atoms with Gasteiger partial charge in [0.05, 0.1) is 6.26 Å². The van der Waals surface area contributed by atoms with Gasteiger partial charge >= 0.3 is 12.2 Å². The molecule has 1 fully saturated rings. The lowest BCUT2D eigenvalue weighted by atomic mass is 9.78. The van der Waals surface area contributed by atoms with Gasteiger partial charge in [-0.1, -0.05) is 0 Å². The van der Waals surface area contributed by atoms with Gasteiger partial charge < -0.3 is 20.0 Å². The smallest absolute Gasteiger partial charge is 0.449 e. The number of amides is 2. The first-order valence-electron chi connectivity index (χ1n) is 9.44. The first kappa shape index (κ1) is 20.2. The van der Waals surface area contributed by atoms with Gasteiger partial charge in [-0.3, -0.25) is 4.79 Å². The molecule has 1 spiro atoms. The Kier molecular flexibility index (Phi) is 4.95. The van der Waals surface area contributed by atoms with E-state index < -0.39 is 29.3 Å². The van der Waals surface area contributed by atoms with Crippen molar-refractivity contribution < 1.29 is 31.6 Å². The normalized spacial score (nSPS) is 18.1. The largest absolute Gasteiger partial charge is 0.459 e. The van der Waals surface area contributed by atoms with Crippen molar-refractivity contribution in [2.24, 2.45) is 0 Å². The Morgan fingerprint density at radius 3 is 2.67 bits per heavy atom. The number of hydrogen-bond acceptors (Lipinski definition) is 4. The number of nitrogens with zero attached hydrogens (tertiary/aromatic N) is 1. The molecule has 2 amide bonds. The molecular weight excluding hydrogens is 406 g/mol. The number of ketones is 1. The molecule has 10 heteroatoms. The molecular formula is C20H19F4N3O3. The highest BCUT2D eigenvalue weighted by Gasteiger charge is 2.42. The standard InChI is InChI=1S/C20H19F4N3O3/c21-13-1-2-15-14(9-13)16(28)10-19(26-15)4-6-27(7-5-19)18(29)25-11-12-3-8-30-17(12)20(22,23)24/h1-3,8-9,26H,4-7,10-11H2,(H,25,29). The summed E-state index contributed by atoms with van der Waals surface area (Å²) in [5, 5.41) is 5.81. The lowest BCUT2D eigenvalue weighted by molar-refractivity contribution is -0.153. The van der Waals surface area contributed by atoms with Crippen LogP contribution in [0, 0.1) is 5.82 Å². The van der Waals surface area contributed by atoms with Crippen LogP contribution in [0.15, 0.2) is 34.9 Å². The van der Waals surface area contributed by atoms with Crippen LogP contribution in [0.2, 0.25) is 0 Å². The van der Waals surface area contributed by atoms with Crippen molar-refractivity contribution in [3.05, 3.63) is 53.2 Å². The molecule has 160 valence electrons. The Hall–Kier alpha value is -3.04. The van der Waals surface area contributed by atoms with Crippen LogP contribution in [-0.2, 0) is 12.7 Å². The summed E-state index contributed by atoms with van der Waals surface area (Å²) in [5.41, 5.74) is 0.228. The van der Waals surface area contributed by atoms with E-state index in [0.29, 0.717) is 37.2 Å². The predicted octanol–water partition coefficient (Wildman–Crippen LogP) is 4.18. The number of halogens is 4. The van der Waals surface area contributed by atoms with Crippen molar-refractivity contribution in [2.45, 2.75) is 37.5 Å². The Bertz CT molecular complexity index is 978. The van der Waals surface area contributed by atoms with Gasteiger partial charge in [0.1, 0.15) is 5.82 Å². The number of furan rings is 1. The number of likely N-dealkylation sites (tertiary alicyclic amines) is 1. The number of benzene rings is 1. The molecule has 2 aliphatic rings. The van der Waals surface area contributed by atoms with Crippen LogP contribution in [0.4, 0.5) is 28.0 Å². The van der Waals surface area contributed by atoms with Crippen molar-refractivity contribution in [2.75, 3.05) is 18.4 Å². The fourth-order valence-electron chi connectivity index (χ4n) is 4.03. The Balaban J connectivity index is 1.36. The van der Waals surface area contributed by atoms with Gasteiger partial charge in [0.15, 0.2) is 5.78 Å². The Labute approximate surface area is 169 Å². The first-order valence-corrected chi connectivity index (χ1v) is 9.44. The highest BCUT2D eigenvalue weighted by atomic mass is 19.4. The molecule has 3 heterocycles. The van der Waals surface area contributed by atoms with Crippen molar-refractivity contribution in [1.29, 1.82) is 0 Å². The highest BCUT2D eigenvalue weighted by molar-refractivity contribution is 6.04. The molecule has 6 nitrogen and oxygen atoms in total. The third-order valence-corrected chi connectivity index (χ3v) is 5.62. The van der Waals surface area contributed by atoms with Gasteiger partial charge in [-0.25, -0.2) is 9.18 Å². The molecule has 0 unspecified atom stereocenters. The van der Waals surface area contributed by atoms with Gasteiger partial charge in [-0.05, 0) is 37.1 Å². The van der Waals surface area contributed by atoms with Gasteiger partial charge in [-0.2, -0.15) is 13.2 Å². The molecule has 1 aromatic heterocycles. The molecule has 4 rings (SSSR count). The average Bonchev–Trinajstić information content (AvgIpc) is 3.17. The predicted molar refractivity (Wildman–Crippen MR) is 98.5 cm³/mol. The molecule has 30 heavy (non-hydrogen) atoms. The zero-order valence-electron chi connectivity index (χ0n) is 15.8. The van der Waals surface area contributed by atoms with E-state index in [1.54, 1.807) is 0 Å². The molecule has 0 atom stereocenters. The van der Waals surface area contributed by atoms with Crippen LogP contribution in [0.3, 0.4) is 0 Å². The fourth-order valence-corrected chi connectivity index (χ4v) is 4.03. The number of piperidine rings is 1. The van der Waals surface area contributed by atoms with Crippen LogP contribution in [0.25, 0.3) is 0 Å². The third-order valence-electron chi connectivity index (χ3n) is 5.62. The van der Waals surface area contributed by atoms with E-state index >= 15 is 0 Å². The molecule has 0 bridgehead atoms. The molecule has 0 aliphatic carbocycles. The van der Waals surface area contributed by atoms with Gasteiger partial charge in [0, 0.05) is 48.4 Å². The minimum atomic E-state index is -4.63. The fraction of sp³-hybridized carbons (Fsp3) is 0.400. The number of fused-ring (bicyclic) bond motifs is 1. The number of anilines is 1. The van der Waals surface area contributed by atoms with E-state index in [-0.39, 0.29) is 24.3 Å². The van der Waals surface area contributed by atoms with E-state index in [1.807, 2.05) is 0 Å². The SMILES string of the molecule is O=C1CC2(CCN(C(=O)NCc3ccoc3C(F)(F)F)CC2)Nc2ccc(F)cc21. The summed E-state index contributed by atoms with van der Waals surface area (Å²) >= 11 is 0. The number of carbonyl (C=O) groups is 2. The second kappa shape index (κ2) is 7.33. The summed E-state index contributed by atoms with van der Waals surface area (Å²) in [6.45, 7) is 0.363. The van der Waals surface area contributed by atoms with Crippen molar-refractivity contribution >= 4 is 17.5 Å². The zero-order valence-corrected chi connectivity index (χ0v) is 15.8. The molecule has 2 aliphatic heterocycles. The minimum absolute atomic E-state index is 0.146. The number of hydrogen-bond donors (Lipinski definition) is 2. The minimum Gasteiger partial charge on any atom is -0.459 e. The molecule has 0 saturated carbocycles. The van der Waals surface area contributed by atoms with Crippen LogP contribution in [0.1, 0.15) is 40.9 Å². The Morgan fingerprint density at radius 2 is 1.97 bits per heavy atom. The maximum Gasteiger partial charge on any atom is 0.449 e. The number of rotatable bonds is 2. The molecule has 1 aromatic carbocycles. The number of nitrogens with one attached hydrogen (secondary N) is 2. The number of urea groups is 1. The monoisotopic (exact) mass is 425 g/mol. The lowest BCUT2D eigenvalue weighted by Crippen LogP contribution is -2.55.